The van der Waals surface area contributed by atoms with E-state index < -0.39 is 5.82 Å². The van der Waals surface area contributed by atoms with E-state index in [1.54, 1.807) is 7.11 Å². The quantitative estimate of drug-likeness (QED) is 0.436. The third-order valence-corrected chi connectivity index (χ3v) is 6.05. The summed E-state index contributed by atoms with van der Waals surface area (Å²) < 4.78 is 22.3. The Labute approximate surface area is 196 Å². The highest BCUT2D eigenvalue weighted by Crippen LogP contribution is 2.33. The number of ether oxygens (including phenoxy) is 1. The Bertz CT molecular complexity index is 1320. The smallest absolute Gasteiger partial charge is 0.223 e. The molecule has 1 aliphatic rings. The average Bonchev–Trinajstić information content (AvgIpc) is 3.20. The number of hydrogen-bond acceptors (Lipinski definition) is 6. The van der Waals surface area contributed by atoms with Crippen molar-refractivity contribution in [3.05, 3.63) is 64.6 Å². The number of anilines is 2. The van der Waals surface area contributed by atoms with Gasteiger partial charge < -0.3 is 19.5 Å². The van der Waals surface area contributed by atoms with Crippen molar-refractivity contribution in [1.82, 2.24) is 19.5 Å². The van der Waals surface area contributed by atoms with Crippen LogP contribution in [0.25, 0.3) is 22.3 Å². The van der Waals surface area contributed by atoms with Crippen LogP contribution in [0.5, 0.6) is 0 Å². The summed E-state index contributed by atoms with van der Waals surface area (Å²) in [7, 11) is 3.65. The lowest BCUT2D eigenvalue weighted by Gasteiger charge is -2.25. The monoisotopic (exact) mass is 466 g/mol. The number of imidazole rings is 1. The fraction of sp³-hybridized carbons (Fsp3) is 0.292. The topological polar surface area (TPSA) is 68.1 Å². The number of halogens is 2. The summed E-state index contributed by atoms with van der Waals surface area (Å²) in [6, 6.07) is 11.4. The van der Waals surface area contributed by atoms with Gasteiger partial charge in [-0.2, -0.15) is 0 Å². The molecule has 0 aliphatic carbocycles. The minimum Gasteiger partial charge on any atom is -0.380 e. The van der Waals surface area contributed by atoms with Crippen LogP contribution in [0.1, 0.15) is 17.5 Å². The Kier molecular flexibility index (Phi) is 5.86. The predicted molar refractivity (Wildman–Crippen MR) is 128 cm³/mol. The molecule has 0 spiro atoms. The van der Waals surface area contributed by atoms with Crippen molar-refractivity contribution in [3.63, 3.8) is 0 Å². The molecule has 0 saturated carbocycles. The Morgan fingerprint density at radius 1 is 1.15 bits per heavy atom. The average molecular weight is 467 g/mol. The number of rotatable bonds is 6. The molecule has 2 aromatic heterocycles. The van der Waals surface area contributed by atoms with E-state index in [-0.39, 0.29) is 0 Å². The van der Waals surface area contributed by atoms with Crippen LogP contribution in [0.4, 0.5) is 16.3 Å². The van der Waals surface area contributed by atoms with Crippen LogP contribution in [0, 0.1) is 5.82 Å². The first-order chi connectivity index (χ1) is 16.0. The summed E-state index contributed by atoms with van der Waals surface area (Å²) in [5.74, 6) is 0.804. The summed E-state index contributed by atoms with van der Waals surface area (Å²) in [5.41, 5.74) is 4.34. The van der Waals surface area contributed by atoms with Crippen LogP contribution in [-0.2, 0) is 24.4 Å². The number of nitrogens with one attached hydrogen (secondary N) is 1. The first kappa shape index (κ1) is 21.6. The standard InChI is InChI=1S/C24H24ClFN6O/c1-31-7-4-8-32-20-11-17(10-19(26)22(20)30-24(31)32)21-18(25)13-28-23(29-21)27-12-15-5-3-6-16(9-15)14-33-2/h3,5-6,9-11,13H,4,7-8,12,14H2,1-2H3,(H,27,28,29). The third-order valence-electron chi connectivity index (χ3n) is 5.77. The van der Waals surface area contributed by atoms with Crippen LogP contribution < -0.4 is 10.2 Å². The van der Waals surface area contributed by atoms with E-state index in [0.29, 0.717) is 40.9 Å². The van der Waals surface area contributed by atoms with Gasteiger partial charge in [-0.3, -0.25) is 0 Å². The first-order valence-electron chi connectivity index (χ1n) is 10.8. The molecule has 0 amide bonds. The summed E-state index contributed by atoms with van der Waals surface area (Å²) in [5, 5.41) is 3.59. The third kappa shape index (κ3) is 4.24. The molecular weight excluding hydrogens is 443 g/mol. The molecule has 0 fully saturated rings. The number of fused-ring (bicyclic) bond motifs is 3. The maximum Gasteiger partial charge on any atom is 0.223 e. The van der Waals surface area contributed by atoms with Crippen molar-refractivity contribution in [1.29, 1.82) is 0 Å². The Morgan fingerprint density at radius 2 is 2.00 bits per heavy atom. The molecule has 0 radical (unpaired) electrons. The normalized spacial score (nSPS) is 13.4. The molecule has 0 atom stereocenters. The van der Waals surface area contributed by atoms with Crippen LogP contribution in [0.15, 0.2) is 42.6 Å². The van der Waals surface area contributed by atoms with Gasteiger partial charge in [-0.15, -0.1) is 0 Å². The van der Waals surface area contributed by atoms with Crippen LogP contribution >= 0.6 is 11.6 Å². The fourth-order valence-corrected chi connectivity index (χ4v) is 4.42. The van der Waals surface area contributed by atoms with Gasteiger partial charge in [0.1, 0.15) is 5.52 Å². The molecule has 170 valence electrons. The van der Waals surface area contributed by atoms with Crippen molar-refractivity contribution < 1.29 is 9.13 Å². The number of nitrogens with zero attached hydrogens (tertiary/aromatic N) is 5. The van der Waals surface area contributed by atoms with Crippen molar-refractivity contribution in [2.24, 2.45) is 0 Å². The molecule has 3 heterocycles. The minimum atomic E-state index is -0.392. The molecule has 2 aromatic carbocycles. The molecule has 9 heteroatoms. The number of hydrogen-bond donors (Lipinski definition) is 1. The van der Waals surface area contributed by atoms with Crippen molar-refractivity contribution >= 4 is 34.5 Å². The van der Waals surface area contributed by atoms with Gasteiger partial charge in [0.2, 0.25) is 11.9 Å². The predicted octanol–water partition coefficient (Wildman–Crippen LogP) is 4.88. The Balaban J connectivity index is 1.46. The Morgan fingerprint density at radius 3 is 2.85 bits per heavy atom. The fourth-order valence-electron chi connectivity index (χ4n) is 4.22. The second kappa shape index (κ2) is 8.96. The lowest BCUT2D eigenvalue weighted by molar-refractivity contribution is 0.185. The lowest BCUT2D eigenvalue weighted by Crippen LogP contribution is -2.28. The van der Waals surface area contributed by atoms with Gasteiger partial charge in [0.25, 0.3) is 0 Å². The van der Waals surface area contributed by atoms with Gasteiger partial charge in [0.05, 0.1) is 29.0 Å². The van der Waals surface area contributed by atoms with Crippen LogP contribution in [-0.4, -0.2) is 40.2 Å². The minimum absolute atomic E-state index is 0.358. The van der Waals surface area contributed by atoms with E-state index in [1.807, 2.05) is 40.8 Å². The molecule has 1 aliphatic heterocycles. The van der Waals surface area contributed by atoms with Crippen molar-refractivity contribution in [2.45, 2.75) is 26.1 Å². The first-order valence-corrected chi connectivity index (χ1v) is 11.2. The van der Waals surface area contributed by atoms with Crippen molar-refractivity contribution in [3.8, 4) is 11.3 Å². The number of aromatic nitrogens is 4. The summed E-state index contributed by atoms with van der Waals surface area (Å²) in [4.78, 5) is 15.5. The van der Waals surface area contributed by atoms with Gasteiger partial charge in [0.15, 0.2) is 5.82 Å². The van der Waals surface area contributed by atoms with Crippen molar-refractivity contribution in [2.75, 3.05) is 30.9 Å². The largest absolute Gasteiger partial charge is 0.380 e. The van der Waals surface area contributed by atoms with Gasteiger partial charge in [-0.1, -0.05) is 35.9 Å². The molecule has 1 N–H and O–H groups in total. The maximum atomic E-state index is 15.0. The second-order valence-electron chi connectivity index (χ2n) is 8.16. The van der Waals surface area contributed by atoms with Crippen LogP contribution in [0.3, 0.4) is 0 Å². The van der Waals surface area contributed by atoms with Gasteiger partial charge in [-0.05, 0) is 29.7 Å². The second-order valence-corrected chi connectivity index (χ2v) is 8.57. The molecular formula is C24H24ClFN6O. The zero-order valence-electron chi connectivity index (χ0n) is 18.5. The van der Waals surface area contributed by atoms with Gasteiger partial charge in [-0.25, -0.2) is 19.3 Å². The zero-order chi connectivity index (χ0) is 22.9. The molecule has 4 aromatic rings. The highest BCUT2D eigenvalue weighted by atomic mass is 35.5. The van der Waals surface area contributed by atoms with E-state index in [4.69, 9.17) is 16.3 Å². The number of benzene rings is 2. The van der Waals surface area contributed by atoms with E-state index in [0.717, 1.165) is 42.1 Å². The Hall–Kier alpha value is -3.23. The maximum absolute atomic E-state index is 15.0. The van der Waals surface area contributed by atoms with Crippen LogP contribution in [0.2, 0.25) is 5.02 Å². The summed E-state index contributed by atoms with van der Waals surface area (Å²) in [6.45, 7) is 2.79. The lowest BCUT2D eigenvalue weighted by atomic mass is 10.1. The van der Waals surface area contributed by atoms with Gasteiger partial charge in [0, 0.05) is 39.4 Å². The summed E-state index contributed by atoms with van der Waals surface area (Å²) in [6.07, 6.45) is 2.52. The molecule has 0 unspecified atom stereocenters. The SMILES string of the molecule is COCc1cccc(CNc2ncc(Cl)c(-c3cc(F)c4nc5n(c4c3)CCCN5C)n2)c1. The van der Waals surface area contributed by atoms with E-state index in [2.05, 4.69) is 26.3 Å². The molecule has 33 heavy (non-hydrogen) atoms. The van der Waals surface area contributed by atoms with E-state index >= 15 is 4.39 Å². The van der Waals surface area contributed by atoms with E-state index in [9.17, 15) is 0 Å². The highest BCUT2D eigenvalue weighted by molar-refractivity contribution is 6.33. The highest BCUT2D eigenvalue weighted by Gasteiger charge is 2.22. The molecule has 7 nitrogen and oxygen atoms in total. The molecule has 0 bridgehead atoms. The zero-order valence-corrected chi connectivity index (χ0v) is 19.2. The number of methoxy groups -OCH3 is 1. The number of aryl methyl sites for hydroxylation is 1. The molecule has 5 rings (SSSR count). The van der Waals surface area contributed by atoms with E-state index in [1.165, 1.54) is 12.3 Å². The summed E-state index contributed by atoms with van der Waals surface area (Å²) >= 11 is 6.43. The molecule has 0 saturated heterocycles. The van der Waals surface area contributed by atoms with Gasteiger partial charge >= 0.3 is 0 Å².